The normalized spacial score (nSPS) is 9.12. The molecule has 0 spiro atoms. The Morgan fingerprint density at radius 3 is 2.75 bits per heavy atom. The van der Waals surface area contributed by atoms with Gasteiger partial charge < -0.3 is 4.74 Å². The highest BCUT2D eigenvalue weighted by molar-refractivity contribution is 5.69. The van der Waals surface area contributed by atoms with Gasteiger partial charge in [0.05, 0.1) is 6.26 Å². The maximum absolute atomic E-state index is 9.75. The summed E-state index contributed by atoms with van der Waals surface area (Å²) in [5, 5.41) is 0. The van der Waals surface area contributed by atoms with E-state index in [1.165, 1.54) is 6.26 Å². The molecule has 0 heterocycles. The highest BCUT2D eigenvalue weighted by atomic mass is 16.5. The van der Waals surface area contributed by atoms with E-state index in [4.69, 9.17) is 0 Å². The molecule has 0 aliphatic carbocycles. The standard InChI is InChI=1S/C6H8O2/c1-3-4-8-6(2)5-7/h3-5H,2H2,1H3/b4-3-. The van der Waals surface area contributed by atoms with Gasteiger partial charge in [-0.2, -0.15) is 0 Å². The molecule has 0 aliphatic rings. The van der Waals surface area contributed by atoms with Gasteiger partial charge in [-0.15, -0.1) is 0 Å². The first kappa shape index (κ1) is 6.95. The summed E-state index contributed by atoms with van der Waals surface area (Å²) in [5.41, 5.74) is 0. The molecule has 0 aromatic heterocycles. The van der Waals surface area contributed by atoms with E-state index in [-0.39, 0.29) is 5.76 Å². The molecule has 0 atom stereocenters. The van der Waals surface area contributed by atoms with E-state index in [9.17, 15) is 4.79 Å². The third kappa shape index (κ3) is 3.15. The maximum Gasteiger partial charge on any atom is 0.184 e. The van der Waals surface area contributed by atoms with Crippen molar-refractivity contribution < 1.29 is 9.53 Å². The summed E-state index contributed by atoms with van der Waals surface area (Å²) in [5.74, 6) is 0.128. The van der Waals surface area contributed by atoms with Crippen LogP contribution in [0, 0.1) is 0 Å². The predicted molar refractivity (Wildman–Crippen MR) is 31.1 cm³/mol. The van der Waals surface area contributed by atoms with Crippen LogP contribution in [-0.2, 0) is 9.53 Å². The SMILES string of the molecule is C=C(C=O)O/C=C\C. The first-order chi connectivity index (χ1) is 3.81. The second-order valence-corrected chi connectivity index (χ2v) is 1.17. The van der Waals surface area contributed by atoms with Crippen molar-refractivity contribution in [2.24, 2.45) is 0 Å². The summed E-state index contributed by atoms with van der Waals surface area (Å²) in [6.45, 7) is 5.06. The number of rotatable bonds is 3. The lowest BCUT2D eigenvalue weighted by molar-refractivity contribution is -0.107. The Hall–Kier alpha value is -1.05. The fourth-order valence-corrected chi connectivity index (χ4v) is 0.183. The second-order valence-electron chi connectivity index (χ2n) is 1.17. The molecule has 0 unspecified atom stereocenters. The van der Waals surface area contributed by atoms with Crippen LogP contribution in [0.1, 0.15) is 6.92 Å². The first-order valence-electron chi connectivity index (χ1n) is 2.23. The predicted octanol–water partition coefficient (Wildman–Crippen LogP) is 1.25. The Bertz CT molecular complexity index is 114. The number of allylic oxidation sites excluding steroid dienone is 2. The molecular formula is C6H8O2. The smallest absolute Gasteiger partial charge is 0.184 e. The zero-order valence-corrected chi connectivity index (χ0v) is 4.76. The molecule has 0 N–H and O–H groups in total. The molecule has 0 amide bonds. The van der Waals surface area contributed by atoms with Crippen molar-refractivity contribution in [1.29, 1.82) is 0 Å². The van der Waals surface area contributed by atoms with Crippen molar-refractivity contribution in [2.45, 2.75) is 6.92 Å². The Balaban J connectivity index is 3.39. The molecule has 44 valence electrons. The summed E-state index contributed by atoms with van der Waals surface area (Å²) >= 11 is 0. The number of hydrogen-bond acceptors (Lipinski definition) is 2. The molecule has 0 bridgehead atoms. The minimum absolute atomic E-state index is 0.128. The van der Waals surface area contributed by atoms with Crippen LogP contribution in [0.2, 0.25) is 0 Å². The van der Waals surface area contributed by atoms with Gasteiger partial charge in [0, 0.05) is 0 Å². The number of carbonyl (C=O) groups is 1. The van der Waals surface area contributed by atoms with Crippen LogP contribution in [0.25, 0.3) is 0 Å². The molecule has 8 heavy (non-hydrogen) atoms. The van der Waals surface area contributed by atoms with Gasteiger partial charge in [0.2, 0.25) is 0 Å². The van der Waals surface area contributed by atoms with E-state index < -0.39 is 0 Å². The van der Waals surface area contributed by atoms with Crippen molar-refractivity contribution >= 4 is 6.29 Å². The van der Waals surface area contributed by atoms with E-state index >= 15 is 0 Å². The molecule has 0 saturated heterocycles. The summed E-state index contributed by atoms with van der Waals surface area (Å²) in [7, 11) is 0. The average Bonchev–Trinajstić information content (AvgIpc) is 1.83. The molecule has 0 aromatic carbocycles. The van der Waals surface area contributed by atoms with Crippen LogP contribution < -0.4 is 0 Å². The lowest BCUT2D eigenvalue weighted by atomic mass is 10.6. The Kier molecular flexibility index (Phi) is 3.58. The van der Waals surface area contributed by atoms with Gasteiger partial charge in [-0.25, -0.2) is 0 Å². The van der Waals surface area contributed by atoms with Gasteiger partial charge >= 0.3 is 0 Å². The summed E-state index contributed by atoms with van der Waals surface area (Å²) in [6, 6.07) is 0. The summed E-state index contributed by atoms with van der Waals surface area (Å²) < 4.78 is 4.60. The lowest BCUT2D eigenvalue weighted by Gasteiger charge is -1.90. The maximum atomic E-state index is 9.75. The second kappa shape index (κ2) is 4.12. The summed E-state index contributed by atoms with van der Waals surface area (Å²) in [6.07, 6.45) is 3.63. The third-order valence-corrected chi connectivity index (χ3v) is 0.487. The number of carbonyl (C=O) groups excluding carboxylic acids is 1. The lowest BCUT2D eigenvalue weighted by Crippen LogP contribution is -1.81. The van der Waals surface area contributed by atoms with E-state index in [1.807, 2.05) is 0 Å². The average molecular weight is 112 g/mol. The summed E-state index contributed by atoms with van der Waals surface area (Å²) in [4.78, 5) is 9.75. The molecule has 0 fully saturated rings. The van der Waals surface area contributed by atoms with Crippen molar-refractivity contribution in [2.75, 3.05) is 0 Å². The van der Waals surface area contributed by atoms with Gasteiger partial charge in [0.25, 0.3) is 0 Å². The van der Waals surface area contributed by atoms with Crippen LogP contribution in [-0.4, -0.2) is 6.29 Å². The Morgan fingerprint density at radius 1 is 1.75 bits per heavy atom. The van der Waals surface area contributed by atoms with Crippen molar-refractivity contribution in [3.05, 3.63) is 24.7 Å². The molecule has 2 heteroatoms. The highest BCUT2D eigenvalue weighted by Crippen LogP contribution is 1.86. The monoisotopic (exact) mass is 112 g/mol. The van der Waals surface area contributed by atoms with Crippen LogP contribution in [0.15, 0.2) is 24.7 Å². The molecule has 0 radical (unpaired) electrons. The van der Waals surface area contributed by atoms with Gasteiger partial charge in [-0.1, -0.05) is 12.7 Å². The Morgan fingerprint density at radius 2 is 2.38 bits per heavy atom. The molecule has 0 saturated carbocycles. The van der Waals surface area contributed by atoms with Crippen molar-refractivity contribution in [3.8, 4) is 0 Å². The minimum Gasteiger partial charge on any atom is -0.463 e. The molecule has 0 rings (SSSR count). The molecule has 0 aliphatic heterocycles. The van der Waals surface area contributed by atoms with Crippen LogP contribution in [0.4, 0.5) is 0 Å². The number of ether oxygens (including phenoxy) is 1. The van der Waals surface area contributed by atoms with Crippen LogP contribution in [0.3, 0.4) is 0 Å². The third-order valence-electron chi connectivity index (χ3n) is 0.487. The number of aldehydes is 1. The van der Waals surface area contributed by atoms with E-state index in [2.05, 4.69) is 11.3 Å². The topological polar surface area (TPSA) is 26.3 Å². The zero-order chi connectivity index (χ0) is 6.41. The van der Waals surface area contributed by atoms with Crippen molar-refractivity contribution in [3.63, 3.8) is 0 Å². The number of hydrogen-bond donors (Lipinski definition) is 0. The fourth-order valence-electron chi connectivity index (χ4n) is 0.183. The van der Waals surface area contributed by atoms with Gasteiger partial charge in [-0.3, -0.25) is 4.79 Å². The van der Waals surface area contributed by atoms with Crippen LogP contribution >= 0.6 is 0 Å². The molecule has 2 nitrogen and oxygen atoms in total. The minimum atomic E-state index is 0.128. The van der Waals surface area contributed by atoms with Gasteiger partial charge in [-0.05, 0) is 6.92 Å². The Labute approximate surface area is 48.5 Å². The zero-order valence-electron chi connectivity index (χ0n) is 4.76. The fraction of sp³-hybridized carbons (Fsp3) is 0.167. The van der Waals surface area contributed by atoms with E-state index in [0.717, 1.165) is 0 Å². The quantitative estimate of drug-likeness (QED) is 0.312. The van der Waals surface area contributed by atoms with Gasteiger partial charge in [0.15, 0.2) is 12.0 Å². The molecule has 0 aromatic rings. The van der Waals surface area contributed by atoms with E-state index in [1.54, 1.807) is 13.0 Å². The van der Waals surface area contributed by atoms with E-state index in [0.29, 0.717) is 6.29 Å². The van der Waals surface area contributed by atoms with Crippen molar-refractivity contribution in [1.82, 2.24) is 0 Å². The first-order valence-corrected chi connectivity index (χ1v) is 2.23. The van der Waals surface area contributed by atoms with Crippen LogP contribution in [0.5, 0.6) is 0 Å². The highest BCUT2D eigenvalue weighted by Gasteiger charge is 1.81. The molecular weight excluding hydrogens is 104 g/mol. The largest absolute Gasteiger partial charge is 0.463 e. The van der Waals surface area contributed by atoms with Gasteiger partial charge in [0.1, 0.15) is 0 Å².